The lowest BCUT2D eigenvalue weighted by Gasteiger charge is -2.30. The molecule has 0 amide bonds. The van der Waals surface area contributed by atoms with E-state index in [1.807, 2.05) is 0 Å². The van der Waals surface area contributed by atoms with E-state index < -0.39 is 0 Å². The quantitative estimate of drug-likeness (QED) is 0.648. The van der Waals surface area contributed by atoms with Gasteiger partial charge in [0.2, 0.25) is 0 Å². The molecule has 0 aromatic heterocycles. The van der Waals surface area contributed by atoms with E-state index in [0.29, 0.717) is 5.92 Å². The Labute approximate surface area is 85.6 Å². The largest absolute Gasteiger partial charge is 0.469 e. The first kappa shape index (κ1) is 11.5. The maximum Gasteiger partial charge on any atom is 0.309 e. The summed E-state index contributed by atoms with van der Waals surface area (Å²) in [6.45, 7) is 2.79. The molecule has 0 aliphatic carbocycles. The van der Waals surface area contributed by atoms with E-state index in [1.165, 1.54) is 7.11 Å². The predicted molar refractivity (Wildman–Crippen MR) is 55.0 cm³/mol. The highest BCUT2D eigenvalue weighted by Gasteiger charge is 2.27. The summed E-state index contributed by atoms with van der Waals surface area (Å²) in [5.74, 6) is 0.516. The van der Waals surface area contributed by atoms with Crippen LogP contribution in [0.25, 0.3) is 0 Å². The Bertz CT molecular complexity index is 195. The fourth-order valence-corrected chi connectivity index (χ4v) is 2.03. The topological polar surface area (TPSA) is 41.6 Å². The Morgan fingerprint density at radius 3 is 2.79 bits per heavy atom. The molecule has 1 fully saturated rings. The number of ether oxygens (including phenoxy) is 1. The van der Waals surface area contributed by atoms with Crippen LogP contribution in [0.5, 0.6) is 0 Å². The molecule has 0 bridgehead atoms. The van der Waals surface area contributed by atoms with Crippen LogP contribution in [0.3, 0.4) is 0 Å². The lowest BCUT2D eigenvalue weighted by atomic mass is 9.90. The van der Waals surface area contributed by atoms with Crippen LogP contribution in [-0.4, -0.2) is 51.7 Å². The smallest absolute Gasteiger partial charge is 0.309 e. The van der Waals surface area contributed by atoms with Crippen molar-refractivity contribution in [3.8, 4) is 0 Å². The van der Waals surface area contributed by atoms with Crippen molar-refractivity contribution in [1.82, 2.24) is 10.2 Å². The first-order valence-corrected chi connectivity index (χ1v) is 5.06. The molecule has 1 N–H and O–H groups in total. The number of methoxy groups -OCH3 is 1. The highest BCUT2D eigenvalue weighted by Crippen LogP contribution is 2.17. The summed E-state index contributed by atoms with van der Waals surface area (Å²) < 4.78 is 4.75. The molecule has 0 radical (unpaired) electrons. The van der Waals surface area contributed by atoms with Crippen molar-refractivity contribution in [2.24, 2.45) is 11.8 Å². The van der Waals surface area contributed by atoms with Gasteiger partial charge in [-0.25, -0.2) is 0 Å². The lowest BCUT2D eigenvalue weighted by Crippen LogP contribution is -2.43. The molecule has 2 atom stereocenters. The molecule has 0 aromatic rings. The predicted octanol–water partition coefficient (Wildman–Crippen LogP) is -0.0533. The Morgan fingerprint density at radius 1 is 1.50 bits per heavy atom. The van der Waals surface area contributed by atoms with Crippen LogP contribution >= 0.6 is 0 Å². The van der Waals surface area contributed by atoms with Crippen LogP contribution in [0.2, 0.25) is 0 Å². The molecular formula is C10H20N2O2. The van der Waals surface area contributed by atoms with Crippen LogP contribution in [0.1, 0.15) is 6.42 Å². The Hall–Kier alpha value is -0.610. The highest BCUT2D eigenvalue weighted by molar-refractivity contribution is 5.72. The number of carbonyl (C=O) groups excluding carboxylic acids is 1. The zero-order valence-electron chi connectivity index (χ0n) is 9.25. The molecule has 1 aliphatic heterocycles. The number of piperidine rings is 1. The van der Waals surface area contributed by atoms with Gasteiger partial charge in [-0.3, -0.25) is 4.79 Å². The third-order valence-electron chi connectivity index (χ3n) is 2.60. The molecule has 1 rings (SSSR count). The molecule has 0 spiro atoms. The van der Waals surface area contributed by atoms with Crippen LogP contribution in [-0.2, 0) is 9.53 Å². The molecule has 14 heavy (non-hydrogen) atoms. The number of nitrogens with one attached hydrogen (secondary N) is 1. The van der Waals surface area contributed by atoms with Crippen molar-refractivity contribution in [2.45, 2.75) is 6.42 Å². The number of esters is 1. The van der Waals surface area contributed by atoms with Gasteiger partial charge in [0.25, 0.3) is 0 Å². The SMILES string of the molecule is COC(=O)C1CNCC(CN(C)C)C1. The summed E-state index contributed by atoms with van der Waals surface area (Å²) in [7, 11) is 5.57. The summed E-state index contributed by atoms with van der Waals surface area (Å²) >= 11 is 0. The Morgan fingerprint density at radius 2 is 2.21 bits per heavy atom. The summed E-state index contributed by atoms with van der Waals surface area (Å²) in [6.07, 6.45) is 0.942. The van der Waals surface area contributed by atoms with Crippen LogP contribution in [0.15, 0.2) is 0 Å². The van der Waals surface area contributed by atoms with Crippen molar-refractivity contribution in [2.75, 3.05) is 40.8 Å². The van der Waals surface area contributed by atoms with Crippen molar-refractivity contribution >= 4 is 5.97 Å². The van der Waals surface area contributed by atoms with Crippen molar-refractivity contribution < 1.29 is 9.53 Å². The number of hydrogen-bond acceptors (Lipinski definition) is 4. The van der Waals surface area contributed by atoms with Gasteiger partial charge in [-0.2, -0.15) is 0 Å². The molecule has 1 heterocycles. The maximum absolute atomic E-state index is 11.3. The molecule has 4 heteroatoms. The average Bonchev–Trinajstić information content (AvgIpc) is 2.16. The van der Waals surface area contributed by atoms with Gasteiger partial charge in [-0.1, -0.05) is 0 Å². The molecule has 0 aromatic carbocycles. The molecule has 1 saturated heterocycles. The summed E-state index contributed by atoms with van der Waals surface area (Å²) in [6, 6.07) is 0. The van der Waals surface area contributed by atoms with Crippen LogP contribution in [0, 0.1) is 11.8 Å². The summed E-state index contributed by atoms with van der Waals surface area (Å²) in [5.41, 5.74) is 0. The average molecular weight is 200 g/mol. The minimum atomic E-state index is -0.0824. The van der Waals surface area contributed by atoms with Gasteiger partial charge in [0, 0.05) is 13.1 Å². The Balaban J connectivity index is 2.39. The van der Waals surface area contributed by atoms with E-state index in [0.717, 1.165) is 26.1 Å². The third-order valence-corrected chi connectivity index (χ3v) is 2.60. The minimum Gasteiger partial charge on any atom is -0.469 e. The van der Waals surface area contributed by atoms with Crippen LogP contribution in [0.4, 0.5) is 0 Å². The molecule has 0 saturated carbocycles. The second-order valence-electron chi connectivity index (χ2n) is 4.24. The highest BCUT2D eigenvalue weighted by atomic mass is 16.5. The second-order valence-corrected chi connectivity index (χ2v) is 4.24. The normalized spacial score (nSPS) is 27.7. The first-order chi connectivity index (χ1) is 6.63. The second kappa shape index (κ2) is 5.32. The van der Waals surface area contributed by atoms with E-state index in [-0.39, 0.29) is 11.9 Å². The third kappa shape index (κ3) is 3.27. The number of nitrogens with zero attached hydrogens (tertiary/aromatic N) is 1. The monoisotopic (exact) mass is 200 g/mol. The van der Waals surface area contributed by atoms with E-state index in [4.69, 9.17) is 4.74 Å². The number of hydrogen-bond donors (Lipinski definition) is 1. The summed E-state index contributed by atoms with van der Waals surface area (Å²) in [4.78, 5) is 13.5. The number of carbonyl (C=O) groups is 1. The molecule has 4 nitrogen and oxygen atoms in total. The van der Waals surface area contributed by atoms with E-state index >= 15 is 0 Å². The van der Waals surface area contributed by atoms with Crippen molar-refractivity contribution in [3.05, 3.63) is 0 Å². The maximum atomic E-state index is 11.3. The first-order valence-electron chi connectivity index (χ1n) is 5.06. The Kier molecular flexibility index (Phi) is 4.35. The van der Waals surface area contributed by atoms with Gasteiger partial charge in [0.15, 0.2) is 0 Å². The van der Waals surface area contributed by atoms with Gasteiger partial charge < -0.3 is 15.0 Å². The molecular weight excluding hydrogens is 180 g/mol. The molecule has 2 unspecified atom stereocenters. The molecule has 1 aliphatic rings. The van der Waals surface area contributed by atoms with Gasteiger partial charge in [-0.05, 0) is 33.0 Å². The van der Waals surface area contributed by atoms with Gasteiger partial charge >= 0.3 is 5.97 Å². The van der Waals surface area contributed by atoms with Crippen molar-refractivity contribution in [1.29, 1.82) is 0 Å². The van der Waals surface area contributed by atoms with Gasteiger partial charge in [0.05, 0.1) is 13.0 Å². The van der Waals surface area contributed by atoms with E-state index in [9.17, 15) is 4.79 Å². The molecule has 82 valence electrons. The fraction of sp³-hybridized carbons (Fsp3) is 0.900. The van der Waals surface area contributed by atoms with Crippen molar-refractivity contribution in [3.63, 3.8) is 0 Å². The summed E-state index contributed by atoms with van der Waals surface area (Å²) in [5, 5.41) is 3.28. The minimum absolute atomic E-state index is 0.0405. The van der Waals surface area contributed by atoms with E-state index in [1.54, 1.807) is 0 Å². The zero-order chi connectivity index (χ0) is 10.6. The van der Waals surface area contributed by atoms with E-state index in [2.05, 4.69) is 24.3 Å². The van der Waals surface area contributed by atoms with Crippen LogP contribution < -0.4 is 5.32 Å². The zero-order valence-corrected chi connectivity index (χ0v) is 9.25. The van der Waals surface area contributed by atoms with Gasteiger partial charge in [-0.15, -0.1) is 0 Å². The van der Waals surface area contributed by atoms with Gasteiger partial charge in [0.1, 0.15) is 0 Å². The lowest BCUT2D eigenvalue weighted by molar-refractivity contribution is -0.146. The standard InChI is InChI=1S/C10H20N2O2/c1-12(2)7-8-4-9(6-11-5-8)10(13)14-3/h8-9,11H,4-7H2,1-3H3. The number of rotatable bonds is 3. The fourth-order valence-electron chi connectivity index (χ4n) is 2.03.